The normalized spacial score (nSPS) is 22.6. The van der Waals surface area contributed by atoms with Gasteiger partial charge in [0.15, 0.2) is 0 Å². The molecule has 1 aromatic carbocycles. The van der Waals surface area contributed by atoms with Gasteiger partial charge >= 0.3 is 0 Å². The average Bonchev–Trinajstić information content (AvgIpc) is 2.91. The molecule has 0 aromatic heterocycles. The molecule has 18 heavy (non-hydrogen) atoms. The Kier molecular flexibility index (Phi) is 2.58. The molecule has 1 heteroatoms. The van der Waals surface area contributed by atoms with Crippen LogP contribution in [-0.4, -0.2) is 6.54 Å². The second-order valence-corrected chi connectivity index (χ2v) is 5.60. The van der Waals surface area contributed by atoms with Crippen molar-refractivity contribution < 1.29 is 0 Å². The summed E-state index contributed by atoms with van der Waals surface area (Å²) in [5, 5.41) is 3.56. The van der Waals surface area contributed by atoms with Crippen molar-refractivity contribution in [2.45, 2.75) is 34.1 Å². The Balaban J connectivity index is 2.20. The minimum atomic E-state index is 0.595. The van der Waals surface area contributed by atoms with E-state index in [1.807, 2.05) is 0 Å². The molecule has 94 valence electrons. The number of hydrogen-bond donors (Lipinski definition) is 1. The van der Waals surface area contributed by atoms with Crippen LogP contribution in [0.2, 0.25) is 0 Å². The van der Waals surface area contributed by atoms with Crippen molar-refractivity contribution in [2.75, 3.05) is 11.9 Å². The molecule has 0 unspecified atom stereocenters. The SMILES string of the molecule is CC1=C(C)[C@@H](C)C(C)=C1c1cccc2c1NCC2. The van der Waals surface area contributed by atoms with Gasteiger partial charge in [-0.3, -0.25) is 0 Å². The zero-order valence-electron chi connectivity index (χ0n) is 11.7. The summed E-state index contributed by atoms with van der Waals surface area (Å²) in [6, 6.07) is 6.72. The predicted molar refractivity (Wildman–Crippen MR) is 78.8 cm³/mol. The molecule has 0 saturated heterocycles. The smallest absolute Gasteiger partial charge is 0.0453 e. The number of nitrogens with one attached hydrogen (secondary N) is 1. The number of para-hydroxylation sites is 1. The standard InChI is InChI=1S/C17H21N/c1-10-11(2)13(4)16(12(10)3)15-7-5-6-14-8-9-18-17(14)15/h5-7,10,18H,8-9H2,1-4H3/t10-/m1/s1. The highest BCUT2D eigenvalue weighted by molar-refractivity contribution is 5.91. The van der Waals surface area contributed by atoms with E-state index in [9.17, 15) is 0 Å². The molecule has 3 rings (SSSR count). The summed E-state index contributed by atoms with van der Waals surface area (Å²) in [5.41, 5.74) is 10.2. The van der Waals surface area contributed by atoms with Crippen molar-refractivity contribution in [3.05, 3.63) is 46.0 Å². The highest BCUT2D eigenvalue weighted by atomic mass is 14.9. The second kappa shape index (κ2) is 4.01. The van der Waals surface area contributed by atoms with Gasteiger partial charge < -0.3 is 5.32 Å². The second-order valence-electron chi connectivity index (χ2n) is 5.60. The van der Waals surface area contributed by atoms with Gasteiger partial charge in [0.05, 0.1) is 0 Å². The van der Waals surface area contributed by atoms with Crippen LogP contribution in [0, 0.1) is 5.92 Å². The first kappa shape index (κ1) is 11.6. The van der Waals surface area contributed by atoms with E-state index >= 15 is 0 Å². The Labute approximate surface area is 110 Å². The molecule has 1 aromatic rings. The lowest BCUT2D eigenvalue weighted by molar-refractivity contribution is 0.818. The van der Waals surface area contributed by atoms with Gasteiger partial charge in [-0.2, -0.15) is 0 Å². The maximum atomic E-state index is 3.56. The monoisotopic (exact) mass is 239 g/mol. The van der Waals surface area contributed by atoms with Crippen molar-refractivity contribution in [3.63, 3.8) is 0 Å². The summed E-state index contributed by atoms with van der Waals surface area (Å²) >= 11 is 0. The van der Waals surface area contributed by atoms with Gasteiger partial charge in [-0.25, -0.2) is 0 Å². The largest absolute Gasteiger partial charge is 0.384 e. The Morgan fingerprint density at radius 3 is 2.56 bits per heavy atom. The van der Waals surface area contributed by atoms with Gasteiger partial charge in [0.1, 0.15) is 0 Å². The van der Waals surface area contributed by atoms with E-state index in [1.165, 1.54) is 39.1 Å². The summed E-state index contributed by atoms with van der Waals surface area (Å²) in [6.07, 6.45) is 1.16. The molecule has 0 spiro atoms. The van der Waals surface area contributed by atoms with Gasteiger partial charge in [0.2, 0.25) is 0 Å². The van der Waals surface area contributed by atoms with E-state index in [1.54, 1.807) is 0 Å². The highest BCUT2D eigenvalue weighted by Gasteiger charge is 2.26. The van der Waals surface area contributed by atoms with Gasteiger partial charge in [0, 0.05) is 17.8 Å². The molecule has 0 bridgehead atoms. The molecule has 0 amide bonds. The molecule has 1 aliphatic carbocycles. The van der Waals surface area contributed by atoms with E-state index in [4.69, 9.17) is 0 Å². The number of benzene rings is 1. The lowest BCUT2D eigenvalue weighted by atomic mass is 9.94. The van der Waals surface area contributed by atoms with E-state index in [-0.39, 0.29) is 0 Å². The molecule has 1 nitrogen and oxygen atoms in total. The predicted octanol–water partition coefficient (Wildman–Crippen LogP) is 4.41. The van der Waals surface area contributed by atoms with Crippen molar-refractivity contribution in [3.8, 4) is 0 Å². The zero-order valence-corrected chi connectivity index (χ0v) is 11.7. The number of allylic oxidation sites excluding steroid dienone is 4. The van der Waals surface area contributed by atoms with Crippen LogP contribution in [0.1, 0.15) is 38.8 Å². The quantitative estimate of drug-likeness (QED) is 0.765. The van der Waals surface area contributed by atoms with E-state index in [2.05, 4.69) is 51.2 Å². The van der Waals surface area contributed by atoms with Crippen molar-refractivity contribution in [2.24, 2.45) is 5.92 Å². The van der Waals surface area contributed by atoms with Crippen LogP contribution >= 0.6 is 0 Å². The van der Waals surface area contributed by atoms with E-state index in [0.29, 0.717) is 5.92 Å². The molecule has 1 aliphatic heterocycles. The Morgan fingerprint density at radius 1 is 1.11 bits per heavy atom. The topological polar surface area (TPSA) is 12.0 Å². The summed E-state index contributed by atoms with van der Waals surface area (Å²) in [5.74, 6) is 0.595. The van der Waals surface area contributed by atoms with Crippen LogP contribution in [0.5, 0.6) is 0 Å². The van der Waals surface area contributed by atoms with Crippen LogP contribution in [0.25, 0.3) is 5.57 Å². The fourth-order valence-electron chi connectivity index (χ4n) is 3.32. The number of anilines is 1. The summed E-state index contributed by atoms with van der Waals surface area (Å²) in [4.78, 5) is 0. The Hall–Kier alpha value is -1.50. The Bertz CT molecular complexity index is 575. The first-order valence-electron chi connectivity index (χ1n) is 6.86. The summed E-state index contributed by atoms with van der Waals surface area (Å²) < 4.78 is 0. The molecule has 1 N–H and O–H groups in total. The molecule has 0 radical (unpaired) electrons. The fraction of sp³-hybridized carbons (Fsp3) is 0.412. The minimum absolute atomic E-state index is 0.595. The molecular weight excluding hydrogens is 218 g/mol. The van der Waals surface area contributed by atoms with E-state index in [0.717, 1.165) is 13.0 Å². The lowest BCUT2D eigenvalue weighted by Crippen LogP contribution is -1.97. The first-order chi connectivity index (χ1) is 8.61. The van der Waals surface area contributed by atoms with Gasteiger partial charge in [-0.05, 0) is 49.8 Å². The van der Waals surface area contributed by atoms with Crippen LogP contribution < -0.4 is 5.32 Å². The third-order valence-electron chi connectivity index (χ3n) is 4.78. The molecule has 1 atom stereocenters. The molecule has 0 saturated carbocycles. The van der Waals surface area contributed by atoms with Crippen LogP contribution in [-0.2, 0) is 6.42 Å². The third kappa shape index (κ3) is 1.46. The molecular formula is C17H21N. The number of hydrogen-bond acceptors (Lipinski definition) is 1. The summed E-state index contributed by atoms with van der Waals surface area (Å²) in [7, 11) is 0. The van der Waals surface area contributed by atoms with Crippen molar-refractivity contribution in [1.82, 2.24) is 0 Å². The maximum Gasteiger partial charge on any atom is 0.0453 e. The zero-order chi connectivity index (χ0) is 12.9. The Morgan fingerprint density at radius 2 is 1.89 bits per heavy atom. The third-order valence-corrected chi connectivity index (χ3v) is 4.78. The van der Waals surface area contributed by atoms with E-state index < -0.39 is 0 Å². The summed E-state index contributed by atoms with van der Waals surface area (Å²) in [6.45, 7) is 10.2. The molecule has 1 heterocycles. The maximum absolute atomic E-state index is 3.56. The van der Waals surface area contributed by atoms with Crippen LogP contribution in [0.15, 0.2) is 34.9 Å². The molecule has 2 aliphatic rings. The minimum Gasteiger partial charge on any atom is -0.384 e. The number of rotatable bonds is 1. The van der Waals surface area contributed by atoms with Gasteiger partial charge in [-0.15, -0.1) is 0 Å². The van der Waals surface area contributed by atoms with Crippen LogP contribution in [0.3, 0.4) is 0 Å². The lowest BCUT2D eigenvalue weighted by Gasteiger charge is -2.13. The van der Waals surface area contributed by atoms with Crippen molar-refractivity contribution >= 4 is 11.3 Å². The number of fused-ring (bicyclic) bond motifs is 1. The average molecular weight is 239 g/mol. The van der Waals surface area contributed by atoms with Crippen molar-refractivity contribution in [1.29, 1.82) is 0 Å². The fourth-order valence-corrected chi connectivity index (χ4v) is 3.32. The highest BCUT2D eigenvalue weighted by Crippen LogP contribution is 2.45. The van der Waals surface area contributed by atoms with Gasteiger partial charge in [0.25, 0.3) is 0 Å². The molecule has 0 fully saturated rings. The first-order valence-corrected chi connectivity index (χ1v) is 6.86. The van der Waals surface area contributed by atoms with Gasteiger partial charge in [-0.1, -0.05) is 36.3 Å². The van der Waals surface area contributed by atoms with Crippen LogP contribution in [0.4, 0.5) is 5.69 Å².